The SMILES string of the molecule is Nc1ccc(-c2ccccc2)cc1NC(=O)c1ccc(N2CCC3(CCN(c4ccccc4)C3)C2)nc1. The topological polar surface area (TPSA) is 74.5 Å². The normalized spacial score (nSPS) is 18.9. The van der Waals surface area contributed by atoms with E-state index in [-0.39, 0.29) is 5.91 Å². The number of carbonyl (C=O) groups excluding carboxylic acids is 1. The molecule has 1 spiro atoms. The second-order valence-corrected chi connectivity index (χ2v) is 10.2. The van der Waals surface area contributed by atoms with Gasteiger partial charge >= 0.3 is 0 Å². The van der Waals surface area contributed by atoms with Gasteiger partial charge in [-0.2, -0.15) is 0 Å². The summed E-state index contributed by atoms with van der Waals surface area (Å²) >= 11 is 0. The number of rotatable bonds is 5. The predicted octanol–water partition coefficient (Wildman–Crippen LogP) is 5.69. The van der Waals surface area contributed by atoms with Crippen molar-refractivity contribution in [1.82, 2.24) is 4.98 Å². The highest BCUT2D eigenvalue weighted by Gasteiger charge is 2.43. The van der Waals surface area contributed by atoms with E-state index < -0.39 is 0 Å². The molecule has 1 unspecified atom stereocenters. The molecule has 0 bridgehead atoms. The molecule has 3 heterocycles. The molecule has 1 atom stereocenters. The van der Waals surface area contributed by atoms with Gasteiger partial charge in [0.15, 0.2) is 0 Å². The Hall–Kier alpha value is -4.32. The first-order valence-electron chi connectivity index (χ1n) is 12.9. The first-order valence-corrected chi connectivity index (χ1v) is 12.9. The molecule has 1 amide bonds. The monoisotopic (exact) mass is 489 g/mol. The van der Waals surface area contributed by atoms with E-state index in [1.807, 2.05) is 60.7 Å². The Kier molecular flexibility index (Phi) is 6.01. The van der Waals surface area contributed by atoms with Crippen LogP contribution in [0, 0.1) is 5.41 Å². The van der Waals surface area contributed by atoms with E-state index >= 15 is 0 Å². The lowest BCUT2D eigenvalue weighted by Crippen LogP contribution is -2.31. The minimum atomic E-state index is -0.219. The van der Waals surface area contributed by atoms with Crippen molar-refractivity contribution in [3.63, 3.8) is 0 Å². The van der Waals surface area contributed by atoms with Crippen LogP contribution in [0.15, 0.2) is 97.2 Å². The van der Waals surface area contributed by atoms with Gasteiger partial charge in [-0.1, -0.05) is 54.6 Å². The molecule has 2 aliphatic heterocycles. The number of pyridine rings is 1. The third kappa shape index (κ3) is 4.75. The van der Waals surface area contributed by atoms with Crippen molar-refractivity contribution in [3.8, 4) is 11.1 Å². The summed E-state index contributed by atoms with van der Waals surface area (Å²) in [6, 6.07) is 30.2. The van der Waals surface area contributed by atoms with Crippen LogP contribution < -0.4 is 20.9 Å². The summed E-state index contributed by atoms with van der Waals surface area (Å²) in [5.41, 5.74) is 11.5. The van der Waals surface area contributed by atoms with Crippen molar-refractivity contribution in [2.75, 3.05) is 47.0 Å². The minimum absolute atomic E-state index is 0.219. The van der Waals surface area contributed by atoms with Crippen molar-refractivity contribution in [3.05, 3.63) is 103 Å². The van der Waals surface area contributed by atoms with Crippen molar-refractivity contribution in [2.24, 2.45) is 5.41 Å². The third-order valence-electron chi connectivity index (χ3n) is 7.74. The minimum Gasteiger partial charge on any atom is -0.397 e. The number of nitrogens with two attached hydrogens (primary N) is 1. The Balaban J connectivity index is 1.11. The predicted molar refractivity (Wildman–Crippen MR) is 151 cm³/mol. The Labute approximate surface area is 217 Å². The zero-order valence-electron chi connectivity index (χ0n) is 20.8. The maximum atomic E-state index is 13.0. The molecular weight excluding hydrogens is 458 g/mol. The molecule has 4 aromatic rings. The van der Waals surface area contributed by atoms with Gasteiger partial charge in [0.05, 0.1) is 16.9 Å². The maximum absolute atomic E-state index is 13.0. The van der Waals surface area contributed by atoms with E-state index in [1.54, 1.807) is 6.20 Å². The summed E-state index contributed by atoms with van der Waals surface area (Å²) in [6.45, 7) is 4.16. The lowest BCUT2D eigenvalue weighted by atomic mass is 9.86. The summed E-state index contributed by atoms with van der Waals surface area (Å²) in [5.74, 6) is 0.709. The van der Waals surface area contributed by atoms with Gasteiger partial charge in [0.25, 0.3) is 5.91 Å². The molecule has 0 saturated carbocycles. The van der Waals surface area contributed by atoms with Crippen LogP contribution in [-0.2, 0) is 0 Å². The Bertz CT molecular complexity index is 1390. The third-order valence-corrected chi connectivity index (χ3v) is 7.74. The lowest BCUT2D eigenvalue weighted by Gasteiger charge is -2.26. The van der Waals surface area contributed by atoms with Gasteiger partial charge in [-0.05, 0) is 60.4 Å². The number of hydrogen-bond acceptors (Lipinski definition) is 5. The number of hydrogen-bond donors (Lipinski definition) is 2. The van der Waals surface area contributed by atoms with Gasteiger partial charge in [-0.15, -0.1) is 0 Å². The van der Waals surface area contributed by atoms with Crippen LogP contribution in [0.4, 0.5) is 22.9 Å². The number of carbonyl (C=O) groups is 1. The number of nitrogens with zero attached hydrogens (tertiary/aromatic N) is 3. The van der Waals surface area contributed by atoms with E-state index in [9.17, 15) is 4.79 Å². The number of para-hydroxylation sites is 1. The largest absolute Gasteiger partial charge is 0.397 e. The van der Waals surface area contributed by atoms with Crippen LogP contribution in [0.3, 0.4) is 0 Å². The van der Waals surface area contributed by atoms with Gasteiger partial charge in [0.2, 0.25) is 0 Å². The van der Waals surface area contributed by atoms with Crippen molar-refractivity contribution in [2.45, 2.75) is 12.8 Å². The van der Waals surface area contributed by atoms with E-state index in [0.29, 0.717) is 22.4 Å². The highest BCUT2D eigenvalue weighted by atomic mass is 16.1. The van der Waals surface area contributed by atoms with Gasteiger partial charge in [-0.3, -0.25) is 4.79 Å². The summed E-state index contributed by atoms with van der Waals surface area (Å²) in [7, 11) is 0. The van der Waals surface area contributed by atoms with E-state index in [2.05, 4.69) is 50.4 Å². The quantitative estimate of drug-likeness (QED) is 0.352. The number of aromatic nitrogens is 1. The van der Waals surface area contributed by atoms with Gasteiger partial charge in [0, 0.05) is 43.5 Å². The highest BCUT2D eigenvalue weighted by molar-refractivity contribution is 6.06. The Morgan fingerprint density at radius 2 is 1.51 bits per heavy atom. The van der Waals surface area contributed by atoms with Crippen molar-refractivity contribution < 1.29 is 4.79 Å². The smallest absolute Gasteiger partial charge is 0.257 e. The Morgan fingerprint density at radius 1 is 0.811 bits per heavy atom. The molecule has 2 aliphatic rings. The number of amides is 1. The van der Waals surface area contributed by atoms with Crippen LogP contribution in [0.5, 0.6) is 0 Å². The molecule has 0 radical (unpaired) electrons. The fourth-order valence-corrected chi connectivity index (χ4v) is 5.63. The van der Waals surface area contributed by atoms with Crippen LogP contribution in [0.2, 0.25) is 0 Å². The van der Waals surface area contributed by atoms with Gasteiger partial charge < -0.3 is 20.9 Å². The highest BCUT2D eigenvalue weighted by Crippen LogP contribution is 2.42. The summed E-state index contributed by atoms with van der Waals surface area (Å²) < 4.78 is 0. The van der Waals surface area contributed by atoms with Crippen LogP contribution in [0.1, 0.15) is 23.2 Å². The average molecular weight is 490 g/mol. The average Bonchev–Trinajstić information content (AvgIpc) is 3.57. The molecule has 0 aliphatic carbocycles. The van der Waals surface area contributed by atoms with Crippen LogP contribution in [0.25, 0.3) is 11.1 Å². The molecule has 6 nitrogen and oxygen atoms in total. The Morgan fingerprint density at radius 3 is 2.24 bits per heavy atom. The van der Waals surface area contributed by atoms with E-state index in [4.69, 9.17) is 5.73 Å². The standard InChI is InChI=1S/C31H31N5O/c32-27-13-11-24(23-7-3-1-4-8-23)19-28(27)34-30(37)25-12-14-29(33-20-25)36-18-16-31(22-36)15-17-35(21-31)26-9-5-2-6-10-26/h1-14,19-20H,15-18,21-22,32H2,(H,34,37). The second kappa shape index (κ2) is 9.62. The molecule has 6 rings (SSSR count). The van der Waals surface area contributed by atoms with Gasteiger partial charge in [-0.25, -0.2) is 4.98 Å². The molecule has 186 valence electrons. The van der Waals surface area contributed by atoms with Crippen molar-refractivity contribution >= 4 is 28.8 Å². The summed E-state index contributed by atoms with van der Waals surface area (Å²) in [5, 5.41) is 2.96. The van der Waals surface area contributed by atoms with E-state index in [1.165, 1.54) is 12.1 Å². The molecule has 1 aromatic heterocycles. The molecule has 3 N–H and O–H groups in total. The molecule has 2 fully saturated rings. The summed E-state index contributed by atoms with van der Waals surface area (Å²) in [4.78, 5) is 22.5. The number of benzene rings is 3. The lowest BCUT2D eigenvalue weighted by molar-refractivity contribution is 0.102. The molecular formula is C31H31N5O. The van der Waals surface area contributed by atoms with E-state index in [0.717, 1.165) is 49.5 Å². The fourth-order valence-electron chi connectivity index (χ4n) is 5.63. The van der Waals surface area contributed by atoms with Crippen LogP contribution in [-0.4, -0.2) is 37.1 Å². The van der Waals surface area contributed by atoms with Crippen molar-refractivity contribution in [1.29, 1.82) is 0 Å². The van der Waals surface area contributed by atoms with Crippen LogP contribution >= 0.6 is 0 Å². The van der Waals surface area contributed by atoms with Gasteiger partial charge in [0.1, 0.15) is 5.82 Å². The zero-order valence-corrected chi connectivity index (χ0v) is 20.8. The molecule has 2 saturated heterocycles. The number of nitrogen functional groups attached to an aromatic ring is 1. The zero-order chi connectivity index (χ0) is 25.2. The molecule has 6 heteroatoms. The summed E-state index contributed by atoms with van der Waals surface area (Å²) in [6.07, 6.45) is 4.03. The first-order chi connectivity index (χ1) is 18.1. The number of anilines is 4. The first kappa shape index (κ1) is 23.1. The fraction of sp³-hybridized carbons (Fsp3) is 0.226. The maximum Gasteiger partial charge on any atom is 0.257 e. The second-order valence-electron chi connectivity index (χ2n) is 10.2. The molecule has 3 aromatic carbocycles. The molecule has 37 heavy (non-hydrogen) atoms. The number of nitrogens with one attached hydrogen (secondary N) is 1.